The molecule has 1 saturated heterocycles. The van der Waals surface area contributed by atoms with E-state index in [0.29, 0.717) is 53.9 Å². The molecule has 1 aliphatic heterocycles. The van der Waals surface area contributed by atoms with Crippen LogP contribution in [0.5, 0.6) is 11.5 Å². The average molecular weight is 426 g/mol. The molecular formula is C19H28ClN5O4. The van der Waals surface area contributed by atoms with Crippen molar-refractivity contribution >= 4 is 41.0 Å². The zero-order chi connectivity index (χ0) is 20.1. The lowest BCUT2D eigenvalue weighted by Gasteiger charge is -2.19. The van der Waals surface area contributed by atoms with Crippen LogP contribution >= 0.6 is 12.4 Å². The van der Waals surface area contributed by atoms with Crippen molar-refractivity contribution in [1.82, 2.24) is 15.3 Å². The third-order valence-electron chi connectivity index (χ3n) is 4.75. The molecule has 1 atom stereocenters. The molecule has 2 heterocycles. The zero-order valence-electron chi connectivity index (χ0n) is 16.9. The second-order valence-electron chi connectivity index (χ2n) is 6.70. The second-order valence-corrected chi connectivity index (χ2v) is 6.70. The van der Waals surface area contributed by atoms with Gasteiger partial charge in [-0.1, -0.05) is 0 Å². The number of methoxy groups -OCH3 is 2. The number of anilines is 2. The number of hydrogen-bond acceptors (Lipinski definition) is 8. The number of ether oxygens (including phenoxy) is 3. The molecule has 1 aromatic heterocycles. The van der Waals surface area contributed by atoms with E-state index in [-0.39, 0.29) is 24.4 Å². The lowest BCUT2D eigenvalue weighted by Crippen LogP contribution is -2.36. The van der Waals surface area contributed by atoms with E-state index in [1.165, 1.54) is 0 Å². The fourth-order valence-electron chi connectivity index (χ4n) is 3.16. The van der Waals surface area contributed by atoms with Gasteiger partial charge in [0, 0.05) is 38.2 Å². The van der Waals surface area contributed by atoms with Gasteiger partial charge in [0.2, 0.25) is 11.9 Å². The van der Waals surface area contributed by atoms with Crippen LogP contribution in [0.2, 0.25) is 0 Å². The summed E-state index contributed by atoms with van der Waals surface area (Å²) in [5, 5.41) is 3.62. The lowest BCUT2D eigenvalue weighted by molar-refractivity contribution is -0.130. The summed E-state index contributed by atoms with van der Waals surface area (Å²) >= 11 is 0. The zero-order valence-corrected chi connectivity index (χ0v) is 17.8. The van der Waals surface area contributed by atoms with Crippen LogP contribution in [0, 0.1) is 0 Å². The number of nitrogens with two attached hydrogens (primary N) is 1. The van der Waals surface area contributed by atoms with Crippen molar-refractivity contribution in [2.75, 3.05) is 51.6 Å². The molecule has 1 aliphatic rings. The van der Waals surface area contributed by atoms with Crippen LogP contribution in [0.25, 0.3) is 10.9 Å². The highest BCUT2D eigenvalue weighted by Gasteiger charge is 2.22. The molecule has 1 amide bonds. The largest absolute Gasteiger partial charge is 0.493 e. The maximum absolute atomic E-state index is 12.0. The van der Waals surface area contributed by atoms with Gasteiger partial charge >= 0.3 is 0 Å². The highest BCUT2D eigenvalue weighted by atomic mass is 35.5. The number of benzene rings is 1. The molecule has 0 saturated carbocycles. The third-order valence-corrected chi connectivity index (χ3v) is 4.75. The first kappa shape index (κ1) is 22.8. The molecule has 160 valence electrons. The molecule has 0 aliphatic carbocycles. The van der Waals surface area contributed by atoms with Gasteiger partial charge in [0.15, 0.2) is 11.5 Å². The molecule has 1 fully saturated rings. The summed E-state index contributed by atoms with van der Waals surface area (Å²) < 4.78 is 16.0. The highest BCUT2D eigenvalue weighted by Crippen LogP contribution is 2.33. The van der Waals surface area contributed by atoms with Crippen LogP contribution in [0.4, 0.5) is 11.8 Å². The SMILES string of the molecule is COc1cc2nc(N(C)CCCNC(=O)[C@H]3CCCO3)nc(N)c2cc1OC.Cl. The number of carbonyl (C=O) groups excluding carboxylic acids is 1. The predicted octanol–water partition coefficient (Wildman–Crippen LogP) is 1.77. The van der Waals surface area contributed by atoms with Gasteiger partial charge in [-0.15, -0.1) is 12.4 Å². The fourth-order valence-corrected chi connectivity index (χ4v) is 3.16. The molecule has 29 heavy (non-hydrogen) atoms. The van der Waals surface area contributed by atoms with E-state index in [0.717, 1.165) is 19.3 Å². The Morgan fingerprint density at radius 1 is 1.31 bits per heavy atom. The van der Waals surface area contributed by atoms with Crippen LogP contribution in [-0.2, 0) is 9.53 Å². The van der Waals surface area contributed by atoms with Crippen LogP contribution in [0.3, 0.4) is 0 Å². The Kier molecular flexibility index (Phi) is 8.10. The van der Waals surface area contributed by atoms with Gasteiger partial charge in [0.1, 0.15) is 11.9 Å². The minimum atomic E-state index is -0.298. The molecule has 3 rings (SSSR count). The fraction of sp³-hybridized carbons (Fsp3) is 0.526. The number of hydrogen-bond donors (Lipinski definition) is 2. The van der Waals surface area contributed by atoms with Crippen molar-refractivity contribution in [3.63, 3.8) is 0 Å². The van der Waals surface area contributed by atoms with Crippen molar-refractivity contribution < 1.29 is 19.0 Å². The maximum atomic E-state index is 12.0. The van der Waals surface area contributed by atoms with Crippen molar-refractivity contribution in [3.8, 4) is 11.5 Å². The topological polar surface area (TPSA) is 112 Å². The Hall–Kier alpha value is -2.52. The summed E-state index contributed by atoms with van der Waals surface area (Å²) in [6.45, 7) is 1.90. The molecule has 9 nitrogen and oxygen atoms in total. The first-order valence-electron chi connectivity index (χ1n) is 9.33. The summed E-state index contributed by atoms with van der Waals surface area (Å²) in [4.78, 5) is 22.8. The molecule has 3 N–H and O–H groups in total. The smallest absolute Gasteiger partial charge is 0.249 e. The summed E-state index contributed by atoms with van der Waals surface area (Å²) in [6, 6.07) is 3.55. The van der Waals surface area contributed by atoms with Crippen LogP contribution < -0.4 is 25.4 Å². The van der Waals surface area contributed by atoms with Crippen LogP contribution in [0.15, 0.2) is 12.1 Å². The molecule has 0 radical (unpaired) electrons. The Morgan fingerprint density at radius 3 is 2.69 bits per heavy atom. The Labute approximate surface area is 176 Å². The molecule has 0 unspecified atom stereocenters. The standard InChI is InChI=1S/C19H27N5O4.ClH/c1-24(8-5-7-21-18(25)14-6-4-9-28-14)19-22-13-11-16(27-3)15(26-2)10-12(13)17(20)23-19;/h10-11,14H,4-9H2,1-3H3,(H,21,25)(H2,20,22,23);1H/t14-;/m1./s1. The molecule has 0 spiro atoms. The number of halogens is 1. The first-order valence-corrected chi connectivity index (χ1v) is 9.33. The minimum absolute atomic E-state index is 0. The monoisotopic (exact) mass is 425 g/mol. The van der Waals surface area contributed by atoms with Crippen molar-refractivity contribution in [1.29, 1.82) is 0 Å². The van der Waals surface area contributed by atoms with Gasteiger partial charge in [0.25, 0.3) is 0 Å². The Balaban J connectivity index is 0.00000300. The van der Waals surface area contributed by atoms with Crippen molar-refractivity contribution in [3.05, 3.63) is 12.1 Å². The molecule has 10 heteroatoms. The number of fused-ring (bicyclic) bond motifs is 1. The van der Waals surface area contributed by atoms with E-state index < -0.39 is 0 Å². The molecule has 0 bridgehead atoms. The third kappa shape index (κ3) is 5.30. The van der Waals surface area contributed by atoms with Gasteiger partial charge in [-0.25, -0.2) is 4.98 Å². The number of nitrogen functional groups attached to an aromatic ring is 1. The predicted molar refractivity (Wildman–Crippen MR) is 114 cm³/mol. The number of amides is 1. The Morgan fingerprint density at radius 2 is 2.03 bits per heavy atom. The van der Waals surface area contributed by atoms with Gasteiger partial charge in [-0.05, 0) is 25.3 Å². The maximum Gasteiger partial charge on any atom is 0.249 e. The van der Waals surface area contributed by atoms with Gasteiger partial charge < -0.3 is 30.2 Å². The quantitative estimate of drug-likeness (QED) is 0.615. The Bertz CT molecular complexity index is 845. The first-order chi connectivity index (χ1) is 13.5. The number of carbonyl (C=O) groups is 1. The van der Waals surface area contributed by atoms with Gasteiger partial charge in [-0.3, -0.25) is 4.79 Å². The van der Waals surface area contributed by atoms with E-state index in [4.69, 9.17) is 19.9 Å². The molecule has 2 aromatic rings. The van der Waals surface area contributed by atoms with Crippen LogP contribution in [-0.4, -0.2) is 62.9 Å². The second kappa shape index (κ2) is 10.3. The normalized spacial score (nSPS) is 15.6. The molecular weight excluding hydrogens is 398 g/mol. The summed E-state index contributed by atoms with van der Waals surface area (Å²) in [5.41, 5.74) is 6.81. The summed E-state index contributed by atoms with van der Waals surface area (Å²) in [6.07, 6.45) is 2.19. The van der Waals surface area contributed by atoms with E-state index in [9.17, 15) is 4.79 Å². The van der Waals surface area contributed by atoms with E-state index in [2.05, 4.69) is 15.3 Å². The highest BCUT2D eigenvalue weighted by molar-refractivity contribution is 5.91. The van der Waals surface area contributed by atoms with Crippen molar-refractivity contribution in [2.45, 2.75) is 25.4 Å². The van der Waals surface area contributed by atoms with E-state index in [1.54, 1.807) is 26.4 Å². The summed E-state index contributed by atoms with van der Waals surface area (Å²) in [5.74, 6) is 2.02. The average Bonchev–Trinajstić information content (AvgIpc) is 3.24. The van der Waals surface area contributed by atoms with Gasteiger partial charge in [0.05, 0.1) is 19.7 Å². The van der Waals surface area contributed by atoms with E-state index >= 15 is 0 Å². The number of nitrogens with zero attached hydrogens (tertiary/aromatic N) is 3. The van der Waals surface area contributed by atoms with Crippen LogP contribution in [0.1, 0.15) is 19.3 Å². The molecule has 1 aromatic carbocycles. The van der Waals surface area contributed by atoms with Gasteiger partial charge in [-0.2, -0.15) is 4.98 Å². The number of rotatable bonds is 8. The number of nitrogens with one attached hydrogen (secondary N) is 1. The van der Waals surface area contributed by atoms with Crippen molar-refractivity contribution in [2.24, 2.45) is 0 Å². The number of aromatic nitrogens is 2. The lowest BCUT2D eigenvalue weighted by atomic mass is 10.2. The summed E-state index contributed by atoms with van der Waals surface area (Å²) in [7, 11) is 5.04. The van der Waals surface area contributed by atoms with E-state index in [1.807, 2.05) is 11.9 Å². The minimum Gasteiger partial charge on any atom is -0.493 e.